The third kappa shape index (κ3) is 6.37. The van der Waals surface area contributed by atoms with E-state index in [1.807, 2.05) is 10.3 Å². The molecule has 1 aliphatic rings. The van der Waals surface area contributed by atoms with Crippen molar-refractivity contribution in [3.63, 3.8) is 0 Å². The number of anilines is 1. The van der Waals surface area contributed by atoms with E-state index in [4.69, 9.17) is 0 Å². The van der Waals surface area contributed by atoms with Crippen LogP contribution in [0, 0.1) is 5.82 Å². The van der Waals surface area contributed by atoms with Gasteiger partial charge in [-0.3, -0.25) is 14.6 Å². The fourth-order valence-corrected chi connectivity index (χ4v) is 4.46. The number of halogens is 4. The number of rotatable bonds is 6. The van der Waals surface area contributed by atoms with E-state index in [2.05, 4.69) is 15.2 Å². The summed E-state index contributed by atoms with van der Waals surface area (Å²) in [7, 11) is 0. The van der Waals surface area contributed by atoms with E-state index < -0.39 is 11.7 Å². The predicted octanol–water partition coefficient (Wildman–Crippen LogP) is 4.72. The summed E-state index contributed by atoms with van der Waals surface area (Å²) in [6.07, 6.45) is -4.45. The Balaban J connectivity index is 1.24. The molecule has 3 aromatic rings. The van der Waals surface area contributed by atoms with Gasteiger partial charge in [-0.25, -0.2) is 9.37 Å². The first kappa shape index (κ1) is 23.3. The van der Waals surface area contributed by atoms with Crippen molar-refractivity contribution in [2.24, 2.45) is 0 Å². The Labute approximate surface area is 192 Å². The molecule has 2 heterocycles. The molecule has 174 valence electrons. The molecular weight excluding hydrogens is 456 g/mol. The monoisotopic (exact) mass is 478 g/mol. The Morgan fingerprint density at radius 3 is 2.42 bits per heavy atom. The third-order valence-electron chi connectivity index (χ3n) is 5.36. The lowest BCUT2D eigenvalue weighted by Crippen LogP contribution is -2.48. The van der Waals surface area contributed by atoms with Crippen molar-refractivity contribution >= 4 is 22.9 Å². The van der Waals surface area contributed by atoms with Gasteiger partial charge in [0.2, 0.25) is 5.91 Å². The second-order valence-corrected chi connectivity index (χ2v) is 8.76. The smallest absolute Gasteiger partial charge is 0.325 e. The number of benzene rings is 2. The van der Waals surface area contributed by atoms with Crippen molar-refractivity contribution in [3.05, 3.63) is 70.3 Å². The summed E-state index contributed by atoms with van der Waals surface area (Å²) in [5.74, 6) is -0.623. The molecule has 0 aliphatic carbocycles. The largest absolute Gasteiger partial charge is 0.416 e. The van der Waals surface area contributed by atoms with Crippen LogP contribution in [0.15, 0.2) is 53.9 Å². The zero-order valence-corrected chi connectivity index (χ0v) is 18.4. The molecule has 1 aliphatic heterocycles. The molecule has 1 saturated heterocycles. The average molecular weight is 479 g/mol. The number of alkyl halides is 3. The van der Waals surface area contributed by atoms with E-state index in [9.17, 15) is 22.4 Å². The molecule has 1 N–H and O–H groups in total. The number of hydrogen-bond donors (Lipinski definition) is 1. The summed E-state index contributed by atoms with van der Waals surface area (Å²) in [6.45, 7) is 3.66. The quantitative estimate of drug-likeness (QED) is 0.521. The van der Waals surface area contributed by atoms with Gasteiger partial charge in [-0.15, -0.1) is 11.3 Å². The number of hydrogen-bond acceptors (Lipinski definition) is 5. The van der Waals surface area contributed by atoms with Crippen LogP contribution < -0.4 is 5.32 Å². The Morgan fingerprint density at radius 2 is 1.73 bits per heavy atom. The lowest BCUT2D eigenvalue weighted by Gasteiger charge is -2.33. The van der Waals surface area contributed by atoms with Crippen LogP contribution >= 0.6 is 11.3 Å². The molecular formula is C23H22F4N4OS. The van der Waals surface area contributed by atoms with E-state index in [0.29, 0.717) is 19.6 Å². The summed E-state index contributed by atoms with van der Waals surface area (Å²) in [5.41, 5.74) is 1.03. The average Bonchev–Trinajstić information content (AvgIpc) is 3.23. The molecule has 4 rings (SSSR count). The van der Waals surface area contributed by atoms with E-state index in [1.54, 1.807) is 23.5 Å². The zero-order valence-electron chi connectivity index (χ0n) is 17.6. The second-order valence-electron chi connectivity index (χ2n) is 7.81. The highest BCUT2D eigenvalue weighted by Crippen LogP contribution is 2.30. The Morgan fingerprint density at radius 1 is 1.03 bits per heavy atom. The van der Waals surface area contributed by atoms with Crippen LogP contribution in [0.4, 0.5) is 23.2 Å². The summed E-state index contributed by atoms with van der Waals surface area (Å²) >= 11 is 1.55. The summed E-state index contributed by atoms with van der Waals surface area (Å²) in [4.78, 5) is 21.2. The number of nitrogens with one attached hydrogen (secondary N) is 1. The normalized spacial score (nSPS) is 15.5. The number of carbonyl (C=O) groups excluding carboxylic acids is 1. The molecule has 1 aromatic heterocycles. The van der Waals surface area contributed by atoms with Crippen LogP contribution in [0.3, 0.4) is 0 Å². The van der Waals surface area contributed by atoms with Crippen LogP contribution in [-0.4, -0.2) is 53.4 Å². The standard InChI is InChI=1S/C23H22F4N4OS/c24-18-6-4-16(5-7-18)20-15-33-22(29-20)14-31-10-8-30(9-11-31)13-21(32)28-19-3-1-2-17(12-19)23(25,26)27/h1-7,12,15H,8-11,13-14H2,(H,28,32). The molecule has 1 amide bonds. The topological polar surface area (TPSA) is 48.5 Å². The first-order valence-electron chi connectivity index (χ1n) is 10.4. The lowest BCUT2D eigenvalue weighted by molar-refractivity contribution is -0.137. The van der Waals surface area contributed by atoms with Crippen molar-refractivity contribution in [1.82, 2.24) is 14.8 Å². The minimum atomic E-state index is -4.45. The molecule has 33 heavy (non-hydrogen) atoms. The number of piperazine rings is 1. The maximum Gasteiger partial charge on any atom is 0.416 e. The van der Waals surface area contributed by atoms with E-state index in [-0.39, 0.29) is 24.0 Å². The fraction of sp³-hybridized carbons (Fsp3) is 0.304. The zero-order chi connectivity index (χ0) is 23.4. The van der Waals surface area contributed by atoms with Crippen LogP contribution in [0.25, 0.3) is 11.3 Å². The molecule has 0 unspecified atom stereocenters. The van der Waals surface area contributed by atoms with Crippen molar-refractivity contribution in [2.45, 2.75) is 12.7 Å². The van der Waals surface area contributed by atoms with Crippen molar-refractivity contribution in [2.75, 3.05) is 38.0 Å². The second kappa shape index (κ2) is 9.98. The van der Waals surface area contributed by atoms with Crippen molar-refractivity contribution in [1.29, 1.82) is 0 Å². The van der Waals surface area contributed by atoms with E-state index >= 15 is 0 Å². The van der Waals surface area contributed by atoms with Gasteiger partial charge in [0.15, 0.2) is 0 Å². The number of thiazole rings is 1. The summed E-state index contributed by atoms with van der Waals surface area (Å²) < 4.78 is 51.6. The number of nitrogens with zero attached hydrogens (tertiary/aromatic N) is 3. The summed E-state index contributed by atoms with van der Waals surface area (Å²) in [6, 6.07) is 10.9. The highest BCUT2D eigenvalue weighted by Gasteiger charge is 2.30. The number of amides is 1. The predicted molar refractivity (Wildman–Crippen MR) is 119 cm³/mol. The minimum absolute atomic E-state index is 0.121. The van der Waals surface area contributed by atoms with Gasteiger partial charge >= 0.3 is 6.18 Å². The van der Waals surface area contributed by atoms with Gasteiger partial charge in [0.1, 0.15) is 10.8 Å². The molecule has 10 heteroatoms. The molecule has 0 spiro atoms. The van der Waals surface area contributed by atoms with Gasteiger partial charge in [-0.1, -0.05) is 6.07 Å². The molecule has 0 atom stereocenters. The highest BCUT2D eigenvalue weighted by molar-refractivity contribution is 7.09. The third-order valence-corrected chi connectivity index (χ3v) is 6.19. The van der Waals surface area contributed by atoms with Crippen molar-refractivity contribution in [3.8, 4) is 11.3 Å². The maximum atomic E-state index is 13.1. The molecule has 5 nitrogen and oxygen atoms in total. The number of carbonyl (C=O) groups is 1. The van der Waals surface area contributed by atoms with Gasteiger partial charge in [0.25, 0.3) is 0 Å². The molecule has 0 saturated carbocycles. The SMILES string of the molecule is O=C(CN1CCN(Cc2nc(-c3ccc(F)cc3)cs2)CC1)Nc1cccc(C(F)(F)F)c1. The number of aromatic nitrogens is 1. The Kier molecular flexibility index (Phi) is 7.06. The maximum absolute atomic E-state index is 13.1. The van der Waals surface area contributed by atoms with Crippen LogP contribution in [0.1, 0.15) is 10.6 Å². The molecule has 0 bridgehead atoms. The van der Waals surface area contributed by atoms with E-state index in [0.717, 1.165) is 41.5 Å². The first-order valence-corrected chi connectivity index (χ1v) is 11.3. The molecule has 0 radical (unpaired) electrons. The van der Waals surface area contributed by atoms with Gasteiger partial charge < -0.3 is 5.32 Å². The van der Waals surface area contributed by atoms with Gasteiger partial charge in [0, 0.05) is 42.8 Å². The highest BCUT2D eigenvalue weighted by atomic mass is 32.1. The van der Waals surface area contributed by atoms with Gasteiger partial charge in [0.05, 0.1) is 24.3 Å². The molecule has 2 aromatic carbocycles. The Hall–Kier alpha value is -2.82. The molecule has 1 fully saturated rings. The van der Waals surface area contributed by atoms with Crippen molar-refractivity contribution < 1.29 is 22.4 Å². The minimum Gasteiger partial charge on any atom is -0.325 e. The van der Waals surface area contributed by atoms with Gasteiger partial charge in [-0.05, 0) is 42.5 Å². The van der Waals surface area contributed by atoms with Crippen LogP contribution in [-0.2, 0) is 17.5 Å². The first-order chi connectivity index (χ1) is 15.8. The lowest BCUT2D eigenvalue weighted by atomic mass is 10.2. The van der Waals surface area contributed by atoms with Crippen LogP contribution in [0.2, 0.25) is 0 Å². The fourth-order valence-electron chi connectivity index (χ4n) is 3.61. The van der Waals surface area contributed by atoms with Gasteiger partial charge in [-0.2, -0.15) is 13.2 Å². The van der Waals surface area contributed by atoms with E-state index in [1.165, 1.54) is 24.3 Å². The Bertz CT molecular complexity index is 1090. The van der Waals surface area contributed by atoms with Crippen LogP contribution in [0.5, 0.6) is 0 Å². The summed E-state index contributed by atoms with van der Waals surface area (Å²) in [5, 5.41) is 5.47.